The molecule has 0 heterocycles. The Morgan fingerprint density at radius 2 is 1.25 bits per heavy atom. The minimum absolute atomic E-state index is 0.00499. The molecule has 28 heavy (non-hydrogen) atoms. The molecule has 0 nitrogen and oxygen atoms in total. The maximum atomic E-state index is 14.4. The molecule has 0 atom stereocenters. The zero-order chi connectivity index (χ0) is 21.7. The van der Waals surface area contributed by atoms with Crippen LogP contribution in [0, 0.1) is 5.82 Å². The topological polar surface area (TPSA) is 0 Å². The van der Waals surface area contributed by atoms with Gasteiger partial charge in [0.15, 0.2) is 0 Å². The smallest absolute Gasteiger partial charge is 0.207 e. The van der Waals surface area contributed by atoms with Gasteiger partial charge in [-0.1, -0.05) is 39.3 Å². The first-order chi connectivity index (χ1) is 12.6. The molecule has 0 aromatic heterocycles. The Labute approximate surface area is 163 Å². The highest BCUT2D eigenvalue weighted by Gasteiger charge is 2.46. The van der Waals surface area contributed by atoms with Crippen molar-refractivity contribution in [3.63, 3.8) is 0 Å². The quantitative estimate of drug-likeness (QED) is 0.436. The van der Waals surface area contributed by atoms with Gasteiger partial charge in [0.1, 0.15) is 5.82 Å². The summed E-state index contributed by atoms with van der Waals surface area (Å²) < 4.78 is 97.2. The van der Waals surface area contributed by atoms with Crippen LogP contribution in [0.3, 0.4) is 0 Å². The molecule has 0 unspecified atom stereocenters. The Bertz CT molecular complexity index is 842. The van der Waals surface area contributed by atoms with Gasteiger partial charge < -0.3 is 0 Å². The second kappa shape index (κ2) is 7.25. The summed E-state index contributed by atoms with van der Waals surface area (Å²) in [4.78, 5) is 0. The summed E-state index contributed by atoms with van der Waals surface area (Å²) in [5.74, 6) is -1.51. The molecule has 0 aliphatic carbocycles. The van der Waals surface area contributed by atoms with Crippen molar-refractivity contribution in [3.05, 3.63) is 69.0 Å². The maximum absolute atomic E-state index is 14.4. The van der Waals surface area contributed by atoms with Gasteiger partial charge in [0.05, 0.1) is 11.1 Å². The van der Waals surface area contributed by atoms with Crippen molar-refractivity contribution in [1.82, 2.24) is 0 Å². The summed E-state index contributed by atoms with van der Waals surface area (Å²) in [5.41, 5.74) is -6.32. The molecule has 0 radical (unpaired) electrons. The molecule has 8 heteroatoms. The van der Waals surface area contributed by atoms with Crippen molar-refractivity contribution in [2.24, 2.45) is 0 Å². The van der Waals surface area contributed by atoms with E-state index in [-0.39, 0.29) is 16.1 Å². The van der Waals surface area contributed by atoms with E-state index in [0.717, 1.165) is 26.0 Å². The van der Waals surface area contributed by atoms with Crippen LogP contribution in [0.5, 0.6) is 0 Å². The van der Waals surface area contributed by atoms with Crippen LogP contribution in [0.4, 0.5) is 30.7 Å². The minimum atomic E-state index is -5.06. The van der Waals surface area contributed by atoms with Gasteiger partial charge in [0.2, 0.25) is 0 Å². The molecule has 0 saturated heterocycles. The third kappa shape index (κ3) is 4.29. The number of hydrogen-bond acceptors (Lipinski definition) is 0. The van der Waals surface area contributed by atoms with Crippen LogP contribution in [0.15, 0.2) is 30.3 Å². The van der Waals surface area contributed by atoms with Crippen LogP contribution in [-0.4, -0.2) is 0 Å². The van der Waals surface area contributed by atoms with Gasteiger partial charge in [0.25, 0.3) is 0 Å². The zero-order valence-electron chi connectivity index (χ0n) is 15.5. The Morgan fingerprint density at radius 1 is 0.786 bits per heavy atom. The number of hydrogen-bond donors (Lipinski definition) is 0. The van der Waals surface area contributed by atoms with E-state index in [2.05, 4.69) is 0 Å². The highest BCUT2D eigenvalue weighted by atomic mass is 35.5. The van der Waals surface area contributed by atoms with Crippen molar-refractivity contribution in [3.8, 4) is 0 Å². The molecule has 0 saturated carbocycles. The molecule has 2 rings (SSSR count). The van der Waals surface area contributed by atoms with Crippen LogP contribution >= 0.6 is 11.6 Å². The fourth-order valence-electron chi connectivity index (χ4n) is 3.23. The van der Waals surface area contributed by atoms with Gasteiger partial charge >= 0.3 is 12.4 Å². The van der Waals surface area contributed by atoms with E-state index < -0.39 is 46.2 Å². The molecule has 0 N–H and O–H groups in total. The first-order valence-electron chi connectivity index (χ1n) is 8.35. The van der Waals surface area contributed by atoms with Gasteiger partial charge in [-0.2, -0.15) is 26.3 Å². The average molecular weight is 427 g/mol. The lowest BCUT2D eigenvalue weighted by Gasteiger charge is -2.33. The van der Waals surface area contributed by atoms with Crippen LogP contribution < -0.4 is 0 Å². The van der Waals surface area contributed by atoms with E-state index in [1.54, 1.807) is 0 Å². The third-order valence-corrected chi connectivity index (χ3v) is 4.90. The lowest BCUT2D eigenvalue weighted by molar-refractivity contribution is -0.145. The SMILES string of the molecule is CC(C)c1cc(C(F)(F)F)c(C(C)(C)c2cc(Cl)ccc2F)c(C(F)(F)F)c1. The number of rotatable bonds is 3. The summed E-state index contributed by atoms with van der Waals surface area (Å²) in [6.45, 7) is 5.24. The first kappa shape index (κ1) is 22.5. The fraction of sp³-hybridized carbons (Fsp3) is 0.400. The molecule has 0 aliphatic heterocycles. The summed E-state index contributed by atoms with van der Waals surface area (Å²) >= 11 is 5.83. The van der Waals surface area contributed by atoms with Gasteiger partial charge in [-0.25, -0.2) is 4.39 Å². The highest BCUT2D eigenvalue weighted by molar-refractivity contribution is 6.30. The second-order valence-electron chi connectivity index (χ2n) is 7.39. The predicted octanol–water partition coefficient (Wildman–Crippen LogP) is 7.97. The van der Waals surface area contributed by atoms with E-state index >= 15 is 0 Å². The van der Waals surface area contributed by atoms with Crippen molar-refractivity contribution in [2.45, 2.75) is 51.4 Å². The number of halogens is 8. The van der Waals surface area contributed by atoms with Gasteiger partial charge in [0, 0.05) is 10.4 Å². The number of alkyl halides is 6. The van der Waals surface area contributed by atoms with Crippen LogP contribution in [0.25, 0.3) is 0 Å². The maximum Gasteiger partial charge on any atom is 0.416 e. The van der Waals surface area contributed by atoms with E-state index in [1.807, 2.05) is 0 Å². The molecule has 0 amide bonds. The van der Waals surface area contributed by atoms with Crippen molar-refractivity contribution in [2.75, 3.05) is 0 Å². The van der Waals surface area contributed by atoms with Crippen LogP contribution in [0.1, 0.15) is 61.4 Å². The monoisotopic (exact) mass is 426 g/mol. The summed E-state index contributed by atoms with van der Waals surface area (Å²) in [5, 5.41) is 0.00499. The van der Waals surface area contributed by atoms with Crippen molar-refractivity contribution >= 4 is 11.6 Å². The molecule has 2 aromatic carbocycles. The molecule has 2 aromatic rings. The summed E-state index contributed by atoms with van der Waals surface area (Å²) in [6.07, 6.45) is -10.1. The highest BCUT2D eigenvalue weighted by Crippen LogP contribution is 2.48. The van der Waals surface area contributed by atoms with Crippen molar-refractivity contribution < 1.29 is 30.7 Å². The van der Waals surface area contributed by atoms with Crippen LogP contribution in [-0.2, 0) is 17.8 Å². The lowest BCUT2D eigenvalue weighted by atomic mass is 9.72. The van der Waals surface area contributed by atoms with E-state index in [0.29, 0.717) is 12.1 Å². The Kier molecular flexibility index (Phi) is 5.83. The molecule has 0 bridgehead atoms. The van der Waals surface area contributed by atoms with E-state index in [9.17, 15) is 30.7 Å². The Hall–Kier alpha value is -1.76. The van der Waals surface area contributed by atoms with E-state index in [1.165, 1.54) is 19.9 Å². The largest absolute Gasteiger partial charge is 0.416 e. The third-order valence-electron chi connectivity index (χ3n) is 4.66. The Morgan fingerprint density at radius 3 is 1.64 bits per heavy atom. The van der Waals surface area contributed by atoms with Gasteiger partial charge in [-0.05, 0) is 52.9 Å². The predicted molar refractivity (Wildman–Crippen MR) is 94.1 cm³/mol. The Balaban J connectivity index is 3.00. The molecule has 0 spiro atoms. The first-order valence-corrected chi connectivity index (χ1v) is 8.73. The molecular weight excluding hydrogens is 409 g/mol. The zero-order valence-corrected chi connectivity index (χ0v) is 16.2. The van der Waals surface area contributed by atoms with Gasteiger partial charge in [-0.3, -0.25) is 0 Å². The molecule has 0 fully saturated rings. The fourth-order valence-corrected chi connectivity index (χ4v) is 3.40. The summed E-state index contributed by atoms with van der Waals surface area (Å²) in [7, 11) is 0. The van der Waals surface area contributed by atoms with E-state index in [4.69, 9.17) is 11.6 Å². The minimum Gasteiger partial charge on any atom is -0.207 e. The average Bonchev–Trinajstić information content (AvgIpc) is 2.54. The van der Waals surface area contributed by atoms with Crippen LogP contribution in [0.2, 0.25) is 5.02 Å². The normalized spacial score (nSPS) is 13.3. The summed E-state index contributed by atoms with van der Waals surface area (Å²) in [6, 6.07) is 4.56. The molecule has 0 aliphatic rings. The van der Waals surface area contributed by atoms with Crippen molar-refractivity contribution in [1.29, 1.82) is 0 Å². The molecule has 154 valence electrons. The number of benzene rings is 2. The van der Waals surface area contributed by atoms with Gasteiger partial charge in [-0.15, -0.1) is 0 Å². The standard InChI is InChI=1S/C20H18ClF7/c1-10(2)11-7-14(19(23,24)25)17(15(8-11)20(26,27)28)18(3,4)13-9-12(21)5-6-16(13)22/h5-10H,1-4H3. The molecular formula is C20H18ClF7. The second-order valence-corrected chi connectivity index (χ2v) is 7.83. The lowest BCUT2D eigenvalue weighted by Crippen LogP contribution is -2.30.